The Balaban J connectivity index is 1.47. The van der Waals surface area contributed by atoms with Gasteiger partial charge in [-0.15, -0.1) is 11.3 Å². The molecule has 11 heteroatoms. The SMILES string of the molecule is Cc1cc(Cl)ccc1Oc1cc(NC(=O)c2cnn3c(-c4cccs4)ccnc23)cc([N+](=O)[O-])c1. The number of nitro groups is 1. The molecule has 0 spiro atoms. The van der Waals surface area contributed by atoms with Crippen LogP contribution in [0.4, 0.5) is 11.4 Å². The van der Waals surface area contributed by atoms with Crippen molar-refractivity contribution in [3.8, 4) is 22.1 Å². The highest BCUT2D eigenvalue weighted by Gasteiger charge is 2.19. The molecule has 3 heterocycles. The molecule has 0 bridgehead atoms. The van der Waals surface area contributed by atoms with E-state index in [1.807, 2.05) is 30.5 Å². The standard InChI is InChI=1S/C24H16ClN5O4S/c1-14-9-15(25)4-5-21(14)34-18-11-16(10-17(12-18)30(32)33)28-24(31)19-13-27-29-20(6-7-26-23(19)29)22-3-2-8-35-22/h2-13H,1H3,(H,28,31). The van der Waals surface area contributed by atoms with Gasteiger partial charge in [0.05, 0.1) is 33.4 Å². The number of anilines is 1. The lowest BCUT2D eigenvalue weighted by Crippen LogP contribution is -2.12. The Hall–Kier alpha value is -4.28. The molecule has 1 amide bonds. The summed E-state index contributed by atoms with van der Waals surface area (Å²) in [7, 11) is 0. The number of ether oxygens (including phenoxy) is 1. The Bertz CT molecular complexity index is 1580. The molecule has 2 aromatic carbocycles. The van der Waals surface area contributed by atoms with E-state index in [1.165, 1.54) is 24.4 Å². The topological polar surface area (TPSA) is 112 Å². The molecule has 0 aliphatic heterocycles. The number of fused-ring (bicyclic) bond motifs is 1. The first-order valence-electron chi connectivity index (χ1n) is 10.3. The highest BCUT2D eigenvalue weighted by atomic mass is 35.5. The van der Waals surface area contributed by atoms with Gasteiger partial charge >= 0.3 is 0 Å². The Morgan fingerprint density at radius 1 is 1.20 bits per heavy atom. The van der Waals surface area contributed by atoms with E-state index in [4.69, 9.17) is 16.3 Å². The summed E-state index contributed by atoms with van der Waals surface area (Å²) in [6, 6.07) is 14.8. The maximum absolute atomic E-state index is 13.1. The van der Waals surface area contributed by atoms with Crippen molar-refractivity contribution < 1.29 is 14.5 Å². The summed E-state index contributed by atoms with van der Waals surface area (Å²) in [5.41, 5.74) is 2.11. The number of aromatic nitrogens is 3. The smallest absolute Gasteiger partial charge is 0.275 e. The first-order valence-corrected chi connectivity index (χ1v) is 11.6. The lowest BCUT2D eigenvalue weighted by molar-refractivity contribution is -0.384. The van der Waals surface area contributed by atoms with Crippen molar-refractivity contribution in [2.24, 2.45) is 0 Å². The van der Waals surface area contributed by atoms with E-state index in [0.29, 0.717) is 16.4 Å². The van der Waals surface area contributed by atoms with Crippen molar-refractivity contribution in [3.05, 3.63) is 98.6 Å². The minimum absolute atomic E-state index is 0.192. The van der Waals surface area contributed by atoms with E-state index in [-0.39, 0.29) is 22.7 Å². The molecule has 0 aliphatic carbocycles. The van der Waals surface area contributed by atoms with Gasteiger partial charge in [0.15, 0.2) is 5.65 Å². The third kappa shape index (κ3) is 4.57. The van der Waals surface area contributed by atoms with E-state index in [2.05, 4.69) is 15.4 Å². The molecule has 0 saturated heterocycles. The van der Waals surface area contributed by atoms with Gasteiger partial charge in [-0.2, -0.15) is 5.10 Å². The predicted octanol–water partition coefficient (Wildman–Crippen LogP) is 6.37. The van der Waals surface area contributed by atoms with E-state index in [0.717, 1.165) is 16.1 Å². The van der Waals surface area contributed by atoms with Crippen LogP contribution in [0.2, 0.25) is 5.02 Å². The summed E-state index contributed by atoms with van der Waals surface area (Å²) in [5.74, 6) is 0.169. The zero-order chi connectivity index (χ0) is 24.5. The molecule has 9 nitrogen and oxygen atoms in total. The van der Waals surface area contributed by atoms with Gasteiger partial charge in [-0.05, 0) is 48.2 Å². The lowest BCUT2D eigenvalue weighted by Gasteiger charge is -2.11. The van der Waals surface area contributed by atoms with Crippen LogP contribution in [0.15, 0.2) is 72.4 Å². The number of nitrogens with zero attached hydrogens (tertiary/aromatic N) is 4. The Labute approximate surface area is 207 Å². The Morgan fingerprint density at radius 2 is 2.06 bits per heavy atom. The zero-order valence-electron chi connectivity index (χ0n) is 18.1. The normalized spacial score (nSPS) is 10.9. The average Bonchev–Trinajstić information content (AvgIpc) is 3.51. The monoisotopic (exact) mass is 505 g/mol. The highest BCUT2D eigenvalue weighted by Crippen LogP contribution is 2.32. The number of hydrogen-bond acceptors (Lipinski definition) is 7. The molecule has 5 rings (SSSR count). The maximum atomic E-state index is 13.1. The number of aryl methyl sites for hydroxylation is 1. The van der Waals surface area contributed by atoms with Crippen LogP contribution in [0, 0.1) is 17.0 Å². The fraction of sp³-hybridized carbons (Fsp3) is 0.0417. The number of nitrogens with one attached hydrogen (secondary N) is 1. The molecule has 0 saturated carbocycles. The van der Waals surface area contributed by atoms with Crippen molar-refractivity contribution in [1.29, 1.82) is 0 Å². The predicted molar refractivity (Wildman–Crippen MR) is 134 cm³/mol. The van der Waals surface area contributed by atoms with Crippen molar-refractivity contribution in [2.45, 2.75) is 6.92 Å². The van der Waals surface area contributed by atoms with Crippen LogP contribution < -0.4 is 10.1 Å². The van der Waals surface area contributed by atoms with Crippen LogP contribution in [0.5, 0.6) is 11.5 Å². The molecule has 0 radical (unpaired) electrons. The van der Waals surface area contributed by atoms with Crippen LogP contribution in [0.25, 0.3) is 16.2 Å². The minimum atomic E-state index is -0.554. The second kappa shape index (κ2) is 9.16. The number of amides is 1. The van der Waals surface area contributed by atoms with Crippen LogP contribution >= 0.6 is 22.9 Å². The van der Waals surface area contributed by atoms with Crippen molar-refractivity contribution in [2.75, 3.05) is 5.32 Å². The van der Waals surface area contributed by atoms with E-state index < -0.39 is 10.8 Å². The number of benzene rings is 2. The van der Waals surface area contributed by atoms with Crippen LogP contribution in [-0.4, -0.2) is 25.4 Å². The molecular formula is C24H16ClN5O4S. The van der Waals surface area contributed by atoms with Gasteiger partial charge in [0.1, 0.15) is 17.1 Å². The zero-order valence-corrected chi connectivity index (χ0v) is 19.7. The Kier molecular flexibility index (Phi) is 5.89. The molecule has 0 atom stereocenters. The Morgan fingerprint density at radius 3 is 2.80 bits per heavy atom. The summed E-state index contributed by atoms with van der Waals surface area (Å²) in [4.78, 5) is 29.3. The van der Waals surface area contributed by atoms with Gasteiger partial charge in [-0.1, -0.05) is 17.7 Å². The fourth-order valence-corrected chi connectivity index (χ4v) is 4.50. The number of halogens is 1. The quantitative estimate of drug-likeness (QED) is 0.212. The summed E-state index contributed by atoms with van der Waals surface area (Å²) < 4.78 is 7.44. The maximum Gasteiger partial charge on any atom is 0.275 e. The van der Waals surface area contributed by atoms with Crippen LogP contribution in [0.1, 0.15) is 15.9 Å². The first-order chi connectivity index (χ1) is 16.9. The largest absolute Gasteiger partial charge is 0.457 e. The van der Waals surface area contributed by atoms with Gasteiger partial charge in [-0.25, -0.2) is 9.50 Å². The van der Waals surface area contributed by atoms with Crippen molar-refractivity contribution in [3.63, 3.8) is 0 Å². The number of hydrogen-bond donors (Lipinski definition) is 1. The number of nitro benzene ring substituents is 1. The van der Waals surface area contributed by atoms with Gasteiger partial charge in [0.2, 0.25) is 0 Å². The molecule has 0 unspecified atom stereocenters. The number of carbonyl (C=O) groups excluding carboxylic acids is 1. The van der Waals surface area contributed by atoms with Gasteiger partial charge < -0.3 is 10.1 Å². The summed E-state index contributed by atoms with van der Waals surface area (Å²) in [6.07, 6.45) is 3.03. The summed E-state index contributed by atoms with van der Waals surface area (Å²) in [5, 5.41) is 21.0. The molecule has 0 fully saturated rings. The van der Waals surface area contributed by atoms with E-state index in [1.54, 1.807) is 40.2 Å². The highest BCUT2D eigenvalue weighted by molar-refractivity contribution is 7.13. The third-order valence-corrected chi connectivity index (χ3v) is 6.27. The average molecular weight is 506 g/mol. The second-order valence-electron chi connectivity index (χ2n) is 7.54. The third-order valence-electron chi connectivity index (χ3n) is 5.14. The molecule has 35 heavy (non-hydrogen) atoms. The van der Waals surface area contributed by atoms with Crippen LogP contribution in [0.3, 0.4) is 0 Å². The number of non-ortho nitro benzene ring substituents is 1. The molecular weight excluding hydrogens is 490 g/mol. The summed E-state index contributed by atoms with van der Waals surface area (Å²) >= 11 is 7.54. The first kappa shape index (κ1) is 22.5. The number of rotatable bonds is 6. The second-order valence-corrected chi connectivity index (χ2v) is 8.92. The van der Waals surface area contributed by atoms with Crippen molar-refractivity contribution >= 4 is 45.9 Å². The number of thiophene rings is 1. The molecule has 1 N–H and O–H groups in total. The van der Waals surface area contributed by atoms with Gasteiger partial charge in [-0.3, -0.25) is 14.9 Å². The van der Waals surface area contributed by atoms with Gasteiger partial charge in [0.25, 0.3) is 11.6 Å². The number of carbonyl (C=O) groups is 1. The van der Waals surface area contributed by atoms with Crippen LogP contribution in [-0.2, 0) is 0 Å². The minimum Gasteiger partial charge on any atom is -0.457 e. The molecule has 5 aromatic rings. The molecule has 174 valence electrons. The molecule has 0 aliphatic rings. The van der Waals surface area contributed by atoms with E-state index in [9.17, 15) is 14.9 Å². The fourth-order valence-electron chi connectivity index (χ4n) is 3.54. The lowest BCUT2D eigenvalue weighted by atomic mass is 10.2. The molecule has 3 aromatic heterocycles. The van der Waals surface area contributed by atoms with Crippen molar-refractivity contribution in [1.82, 2.24) is 14.6 Å². The van der Waals surface area contributed by atoms with Gasteiger partial charge in [0, 0.05) is 23.4 Å². The summed E-state index contributed by atoms with van der Waals surface area (Å²) in [6.45, 7) is 1.81. The van der Waals surface area contributed by atoms with E-state index >= 15 is 0 Å².